The van der Waals surface area contributed by atoms with E-state index in [1.54, 1.807) is 0 Å². The summed E-state index contributed by atoms with van der Waals surface area (Å²) in [5, 5.41) is 9.29. The number of hydrogen-bond donors (Lipinski definition) is 1. The van der Waals surface area contributed by atoms with Crippen LogP contribution in [0.25, 0.3) is 0 Å². The van der Waals surface area contributed by atoms with Gasteiger partial charge in [-0.3, -0.25) is 0 Å². The van der Waals surface area contributed by atoms with E-state index in [-0.39, 0.29) is 0 Å². The lowest BCUT2D eigenvalue weighted by atomic mass is 10.0. The number of para-hydroxylation sites is 1. The average Bonchev–Trinajstić information content (AvgIpc) is 2.55. The normalized spacial score (nSPS) is 30.9. The number of nitrogens with zero attached hydrogens (tertiary/aromatic N) is 1. The highest BCUT2D eigenvalue weighted by Gasteiger charge is 2.35. The third kappa shape index (κ3) is 1.86. The molecule has 15 heavy (non-hydrogen) atoms. The van der Waals surface area contributed by atoms with E-state index in [0.717, 1.165) is 6.42 Å². The van der Waals surface area contributed by atoms with Crippen LogP contribution in [0.2, 0.25) is 0 Å². The molecule has 1 fully saturated rings. The SMILES string of the molecule is CC1CC(CO)C(C)N1c1ccccc1. The minimum atomic E-state index is 0.300. The van der Waals surface area contributed by atoms with E-state index in [4.69, 9.17) is 0 Å². The summed E-state index contributed by atoms with van der Waals surface area (Å²) in [7, 11) is 0. The number of benzene rings is 1. The van der Waals surface area contributed by atoms with Gasteiger partial charge in [-0.05, 0) is 32.4 Å². The Morgan fingerprint density at radius 1 is 1.27 bits per heavy atom. The fraction of sp³-hybridized carbons (Fsp3) is 0.538. The second-order valence-corrected chi connectivity index (χ2v) is 4.51. The van der Waals surface area contributed by atoms with Crippen molar-refractivity contribution in [3.8, 4) is 0 Å². The van der Waals surface area contributed by atoms with Gasteiger partial charge in [-0.25, -0.2) is 0 Å². The van der Waals surface area contributed by atoms with E-state index in [9.17, 15) is 5.11 Å². The van der Waals surface area contributed by atoms with E-state index >= 15 is 0 Å². The average molecular weight is 205 g/mol. The molecule has 82 valence electrons. The summed E-state index contributed by atoms with van der Waals surface area (Å²) < 4.78 is 0. The first kappa shape index (κ1) is 10.5. The zero-order valence-electron chi connectivity index (χ0n) is 9.43. The number of rotatable bonds is 2. The van der Waals surface area contributed by atoms with Gasteiger partial charge in [-0.2, -0.15) is 0 Å². The van der Waals surface area contributed by atoms with E-state index in [0.29, 0.717) is 24.6 Å². The van der Waals surface area contributed by atoms with Gasteiger partial charge in [0.25, 0.3) is 0 Å². The van der Waals surface area contributed by atoms with Crippen LogP contribution in [0.1, 0.15) is 20.3 Å². The van der Waals surface area contributed by atoms with Gasteiger partial charge in [0.2, 0.25) is 0 Å². The van der Waals surface area contributed by atoms with Gasteiger partial charge in [0.05, 0.1) is 0 Å². The number of anilines is 1. The summed E-state index contributed by atoms with van der Waals surface area (Å²) in [5.74, 6) is 0.417. The zero-order chi connectivity index (χ0) is 10.8. The van der Waals surface area contributed by atoms with E-state index in [1.165, 1.54) is 5.69 Å². The Kier molecular flexibility index (Phi) is 2.96. The van der Waals surface area contributed by atoms with Crippen molar-refractivity contribution in [2.24, 2.45) is 5.92 Å². The first-order valence-electron chi connectivity index (χ1n) is 5.68. The summed E-state index contributed by atoms with van der Waals surface area (Å²) in [5.41, 5.74) is 1.27. The number of aliphatic hydroxyl groups is 1. The molecule has 1 heterocycles. The molecule has 0 amide bonds. The molecule has 1 aromatic carbocycles. The number of aliphatic hydroxyl groups excluding tert-OH is 1. The molecule has 1 N–H and O–H groups in total. The Balaban J connectivity index is 2.23. The molecular weight excluding hydrogens is 186 g/mol. The lowest BCUT2D eigenvalue weighted by molar-refractivity contribution is 0.220. The van der Waals surface area contributed by atoms with Crippen LogP contribution in [0.5, 0.6) is 0 Å². The first-order chi connectivity index (χ1) is 7.24. The van der Waals surface area contributed by atoms with Crippen LogP contribution in [0, 0.1) is 5.92 Å². The molecule has 0 aliphatic carbocycles. The Hall–Kier alpha value is -1.02. The predicted molar refractivity (Wildman–Crippen MR) is 63.0 cm³/mol. The molecule has 3 atom stereocenters. The molecule has 0 radical (unpaired) electrons. The van der Waals surface area contributed by atoms with Crippen molar-refractivity contribution in [3.63, 3.8) is 0 Å². The van der Waals surface area contributed by atoms with E-state index in [2.05, 4.69) is 43.0 Å². The summed E-state index contributed by atoms with van der Waals surface area (Å²) in [6.07, 6.45) is 1.09. The van der Waals surface area contributed by atoms with Crippen molar-refractivity contribution >= 4 is 5.69 Å². The number of hydrogen-bond acceptors (Lipinski definition) is 2. The highest BCUT2D eigenvalue weighted by molar-refractivity contribution is 5.49. The van der Waals surface area contributed by atoms with Crippen LogP contribution in [0.15, 0.2) is 30.3 Å². The highest BCUT2D eigenvalue weighted by atomic mass is 16.3. The van der Waals surface area contributed by atoms with Gasteiger partial charge in [-0.15, -0.1) is 0 Å². The highest BCUT2D eigenvalue weighted by Crippen LogP contribution is 2.33. The van der Waals surface area contributed by atoms with Gasteiger partial charge in [0.15, 0.2) is 0 Å². The second-order valence-electron chi connectivity index (χ2n) is 4.51. The summed E-state index contributed by atoms with van der Waals surface area (Å²) in [6.45, 7) is 4.74. The minimum Gasteiger partial charge on any atom is -0.396 e. The van der Waals surface area contributed by atoms with Crippen molar-refractivity contribution < 1.29 is 5.11 Å². The van der Waals surface area contributed by atoms with Gasteiger partial charge >= 0.3 is 0 Å². The van der Waals surface area contributed by atoms with Crippen LogP contribution >= 0.6 is 0 Å². The molecule has 3 unspecified atom stereocenters. The standard InChI is InChI=1S/C13H19NO/c1-10-8-12(9-15)11(2)14(10)13-6-4-3-5-7-13/h3-7,10-12,15H,8-9H2,1-2H3. The van der Waals surface area contributed by atoms with Crippen LogP contribution in [0.4, 0.5) is 5.69 Å². The summed E-state index contributed by atoms with van der Waals surface area (Å²) in [4.78, 5) is 2.42. The fourth-order valence-corrected chi connectivity index (χ4v) is 2.69. The maximum atomic E-state index is 9.29. The summed E-state index contributed by atoms with van der Waals surface area (Å²) in [6, 6.07) is 11.4. The molecule has 0 spiro atoms. The molecule has 1 aliphatic heterocycles. The van der Waals surface area contributed by atoms with Crippen molar-refractivity contribution in [3.05, 3.63) is 30.3 Å². The van der Waals surface area contributed by atoms with E-state index < -0.39 is 0 Å². The Morgan fingerprint density at radius 2 is 1.93 bits per heavy atom. The molecule has 1 saturated heterocycles. The Bertz CT molecular complexity index is 312. The van der Waals surface area contributed by atoms with Crippen molar-refractivity contribution in [1.29, 1.82) is 0 Å². The lowest BCUT2D eigenvalue weighted by Gasteiger charge is -2.29. The molecule has 0 bridgehead atoms. The van der Waals surface area contributed by atoms with E-state index in [1.807, 2.05) is 6.07 Å². The van der Waals surface area contributed by atoms with Crippen molar-refractivity contribution in [2.45, 2.75) is 32.4 Å². The van der Waals surface area contributed by atoms with Crippen LogP contribution in [-0.4, -0.2) is 23.8 Å². The molecule has 0 saturated carbocycles. The molecule has 2 heteroatoms. The molecule has 2 nitrogen and oxygen atoms in total. The quantitative estimate of drug-likeness (QED) is 0.800. The second kappa shape index (κ2) is 4.23. The largest absolute Gasteiger partial charge is 0.396 e. The molecular formula is C13H19NO. The maximum absolute atomic E-state index is 9.29. The van der Waals surface area contributed by atoms with Crippen molar-refractivity contribution in [1.82, 2.24) is 0 Å². The third-order valence-electron chi connectivity index (χ3n) is 3.53. The van der Waals surface area contributed by atoms with Crippen LogP contribution in [0.3, 0.4) is 0 Å². The van der Waals surface area contributed by atoms with Crippen molar-refractivity contribution in [2.75, 3.05) is 11.5 Å². The van der Waals surface area contributed by atoms with Crippen LogP contribution < -0.4 is 4.90 Å². The van der Waals surface area contributed by atoms with Gasteiger partial charge < -0.3 is 10.0 Å². The van der Waals surface area contributed by atoms with Gasteiger partial charge in [0, 0.05) is 30.3 Å². The monoisotopic (exact) mass is 205 g/mol. The minimum absolute atomic E-state index is 0.300. The molecule has 1 aliphatic rings. The molecule has 1 aromatic rings. The maximum Gasteiger partial charge on any atom is 0.0479 e. The zero-order valence-corrected chi connectivity index (χ0v) is 9.43. The Morgan fingerprint density at radius 3 is 2.47 bits per heavy atom. The topological polar surface area (TPSA) is 23.5 Å². The van der Waals surface area contributed by atoms with Gasteiger partial charge in [-0.1, -0.05) is 18.2 Å². The fourth-order valence-electron chi connectivity index (χ4n) is 2.69. The summed E-state index contributed by atoms with van der Waals surface area (Å²) >= 11 is 0. The molecule has 2 rings (SSSR count). The molecule has 0 aromatic heterocycles. The Labute approximate surface area is 91.5 Å². The third-order valence-corrected chi connectivity index (χ3v) is 3.53. The van der Waals surface area contributed by atoms with Gasteiger partial charge in [0.1, 0.15) is 0 Å². The lowest BCUT2D eigenvalue weighted by Crippen LogP contribution is -2.34. The first-order valence-corrected chi connectivity index (χ1v) is 5.68. The smallest absolute Gasteiger partial charge is 0.0479 e. The van der Waals surface area contributed by atoms with Crippen LogP contribution in [-0.2, 0) is 0 Å². The predicted octanol–water partition coefficient (Wildman–Crippen LogP) is 2.28.